The van der Waals surface area contributed by atoms with Crippen LogP contribution in [0.2, 0.25) is 0 Å². The molecule has 0 spiro atoms. The quantitative estimate of drug-likeness (QED) is 0.886. The number of hydrogen-bond acceptors (Lipinski definition) is 3. The van der Waals surface area contributed by atoms with Crippen LogP contribution in [0.1, 0.15) is 32.3 Å². The van der Waals surface area contributed by atoms with Crippen molar-refractivity contribution in [3.8, 4) is 11.5 Å². The molecule has 1 aromatic carbocycles. The summed E-state index contributed by atoms with van der Waals surface area (Å²) >= 11 is 0. The lowest BCUT2D eigenvalue weighted by Gasteiger charge is -2.25. The number of carbonyl (C=O) groups excluding carboxylic acids is 1. The molecule has 4 nitrogen and oxygen atoms in total. The number of hydrogen-bond donors (Lipinski definition) is 1. The Bertz CT molecular complexity index is 472. The fourth-order valence-corrected chi connectivity index (χ4v) is 2.61. The van der Waals surface area contributed by atoms with Gasteiger partial charge in [0.15, 0.2) is 11.5 Å². The predicted octanol–water partition coefficient (Wildman–Crippen LogP) is 2.31. The average Bonchev–Trinajstić information content (AvgIpc) is 2.70. The number of para-hydroxylation sites is 1. The highest BCUT2D eigenvalue weighted by molar-refractivity contribution is 5.79. The van der Waals surface area contributed by atoms with Crippen LogP contribution in [0.25, 0.3) is 0 Å². The molecule has 1 atom stereocenters. The molecule has 1 aliphatic rings. The Hall–Kier alpha value is -1.71. The van der Waals surface area contributed by atoms with Gasteiger partial charge in [0.2, 0.25) is 5.91 Å². The molecule has 0 aromatic heterocycles. The van der Waals surface area contributed by atoms with E-state index in [0.29, 0.717) is 13.0 Å². The van der Waals surface area contributed by atoms with Crippen molar-refractivity contribution in [2.45, 2.75) is 38.6 Å². The minimum absolute atomic E-state index is 0.127. The first-order chi connectivity index (χ1) is 9.08. The largest absolute Gasteiger partial charge is 0.493 e. The van der Waals surface area contributed by atoms with Crippen LogP contribution >= 0.6 is 0 Å². The van der Waals surface area contributed by atoms with E-state index in [1.54, 1.807) is 7.11 Å². The van der Waals surface area contributed by atoms with E-state index in [4.69, 9.17) is 9.47 Å². The molecule has 1 fully saturated rings. The van der Waals surface area contributed by atoms with E-state index in [0.717, 1.165) is 29.9 Å². The second-order valence-electron chi connectivity index (χ2n) is 5.17. The van der Waals surface area contributed by atoms with Crippen LogP contribution in [-0.2, 0) is 11.2 Å². The lowest BCUT2D eigenvalue weighted by Crippen LogP contribution is -2.40. The molecule has 0 bridgehead atoms. The topological polar surface area (TPSA) is 47.6 Å². The van der Waals surface area contributed by atoms with Gasteiger partial charge in [-0.05, 0) is 32.8 Å². The molecule has 0 aliphatic carbocycles. The molecule has 1 saturated heterocycles. The molecule has 1 aromatic rings. The van der Waals surface area contributed by atoms with Crippen LogP contribution in [0.3, 0.4) is 0 Å². The van der Waals surface area contributed by atoms with Crippen molar-refractivity contribution >= 4 is 5.91 Å². The van der Waals surface area contributed by atoms with Crippen molar-refractivity contribution in [3.05, 3.63) is 23.8 Å². The highest BCUT2D eigenvalue weighted by atomic mass is 16.5. The van der Waals surface area contributed by atoms with E-state index in [1.807, 2.05) is 25.1 Å². The number of amides is 1. The fourth-order valence-electron chi connectivity index (χ4n) is 2.61. The van der Waals surface area contributed by atoms with E-state index in [9.17, 15) is 4.79 Å². The van der Waals surface area contributed by atoms with Crippen molar-refractivity contribution in [1.82, 2.24) is 5.32 Å². The monoisotopic (exact) mass is 263 g/mol. The van der Waals surface area contributed by atoms with Crippen LogP contribution in [-0.4, -0.2) is 25.2 Å². The van der Waals surface area contributed by atoms with Crippen molar-refractivity contribution in [3.63, 3.8) is 0 Å². The Kier molecular flexibility index (Phi) is 3.98. The lowest BCUT2D eigenvalue weighted by atomic mass is 9.91. The highest BCUT2D eigenvalue weighted by Crippen LogP contribution is 2.35. The van der Waals surface area contributed by atoms with Gasteiger partial charge >= 0.3 is 0 Å². The van der Waals surface area contributed by atoms with Gasteiger partial charge in [0.05, 0.1) is 13.7 Å². The molecular formula is C15H21NO3. The zero-order valence-electron chi connectivity index (χ0n) is 11.8. The van der Waals surface area contributed by atoms with Gasteiger partial charge in [-0.25, -0.2) is 0 Å². The van der Waals surface area contributed by atoms with Gasteiger partial charge < -0.3 is 14.8 Å². The fraction of sp³-hybridized carbons (Fsp3) is 0.533. The summed E-state index contributed by atoms with van der Waals surface area (Å²) in [5, 5.41) is 3.05. The molecule has 0 radical (unpaired) electrons. The van der Waals surface area contributed by atoms with Gasteiger partial charge in [-0.1, -0.05) is 12.1 Å². The molecule has 1 heterocycles. The van der Waals surface area contributed by atoms with E-state index in [2.05, 4.69) is 12.2 Å². The standard InChI is InChI=1S/C15H21NO3/c1-4-19-12-7-5-6-11(14(12)18-3)10-15(2)9-8-13(17)16-15/h5-7H,4,8-10H2,1-3H3,(H,16,17). The van der Waals surface area contributed by atoms with Crippen molar-refractivity contribution in [2.75, 3.05) is 13.7 Å². The summed E-state index contributed by atoms with van der Waals surface area (Å²) in [6, 6.07) is 5.89. The maximum atomic E-state index is 11.4. The van der Waals surface area contributed by atoms with Crippen LogP contribution in [0.5, 0.6) is 11.5 Å². The number of methoxy groups -OCH3 is 1. The van der Waals surface area contributed by atoms with Gasteiger partial charge in [-0.15, -0.1) is 0 Å². The Morgan fingerprint density at radius 3 is 2.79 bits per heavy atom. The summed E-state index contributed by atoms with van der Waals surface area (Å²) in [6.45, 7) is 4.63. The third-order valence-electron chi connectivity index (χ3n) is 3.49. The molecule has 1 amide bonds. The molecule has 19 heavy (non-hydrogen) atoms. The highest BCUT2D eigenvalue weighted by Gasteiger charge is 2.34. The summed E-state index contributed by atoms with van der Waals surface area (Å²) in [5.74, 6) is 1.66. The minimum atomic E-state index is -0.185. The van der Waals surface area contributed by atoms with Gasteiger partial charge in [0, 0.05) is 17.5 Å². The van der Waals surface area contributed by atoms with Crippen LogP contribution in [0, 0.1) is 0 Å². The molecule has 4 heteroatoms. The summed E-state index contributed by atoms with van der Waals surface area (Å²) in [5.41, 5.74) is 0.882. The SMILES string of the molecule is CCOc1cccc(CC2(C)CCC(=O)N2)c1OC. The number of benzene rings is 1. The van der Waals surface area contributed by atoms with Gasteiger partial charge in [0.1, 0.15) is 0 Å². The van der Waals surface area contributed by atoms with Crippen LogP contribution in [0.15, 0.2) is 18.2 Å². The van der Waals surface area contributed by atoms with Crippen LogP contribution in [0.4, 0.5) is 0 Å². The van der Waals surface area contributed by atoms with E-state index >= 15 is 0 Å². The van der Waals surface area contributed by atoms with Crippen molar-refractivity contribution < 1.29 is 14.3 Å². The first-order valence-electron chi connectivity index (χ1n) is 6.67. The number of ether oxygens (including phenoxy) is 2. The molecule has 1 N–H and O–H groups in total. The molecule has 1 unspecified atom stereocenters. The maximum Gasteiger partial charge on any atom is 0.220 e. The Labute approximate surface area is 114 Å². The number of carbonyl (C=O) groups is 1. The van der Waals surface area contributed by atoms with E-state index in [1.165, 1.54) is 0 Å². The second kappa shape index (κ2) is 5.51. The summed E-state index contributed by atoms with van der Waals surface area (Å²) in [6.07, 6.45) is 2.21. The average molecular weight is 263 g/mol. The van der Waals surface area contributed by atoms with Crippen molar-refractivity contribution in [2.24, 2.45) is 0 Å². The predicted molar refractivity (Wildman–Crippen MR) is 73.6 cm³/mol. The third kappa shape index (κ3) is 3.00. The zero-order valence-corrected chi connectivity index (χ0v) is 11.8. The van der Waals surface area contributed by atoms with Crippen LogP contribution < -0.4 is 14.8 Å². The number of rotatable bonds is 5. The molecule has 2 rings (SSSR count). The van der Waals surface area contributed by atoms with Gasteiger partial charge in [-0.3, -0.25) is 4.79 Å². The molecule has 104 valence electrons. The molecule has 1 aliphatic heterocycles. The van der Waals surface area contributed by atoms with E-state index < -0.39 is 0 Å². The summed E-state index contributed by atoms with van der Waals surface area (Å²) < 4.78 is 11.0. The first-order valence-corrected chi connectivity index (χ1v) is 6.67. The third-order valence-corrected chi connectivity index (χ3v) is 3.49. The Morgan fingerprint density at radius 2 is 2.21 bits per heavy atom. The zero-order chi connectivity index (χ0) is 13.9. The van der Waals surface area contributed by atoms with Crippen molar-refractivity contribution in [1.29, 1.82) is 0 Å². The lowest BCUT2D eigenvalue weighted by molar-refractivity contribution is -0.119. The number of nitrogens with one attached hydrogen (secondary N) is 1. The first kappa shape index (κ1) is 13.7. The van der Waals surface area contributed by atoms with Gasteiger partial charge in [-0.2, -0.15) is 0 Å². The molecule has 0 saturated carbocycles. The smallest absolute Gasteiger partial charge is 0.220 e. The Balaban J connectivity index is 2.24. The molecular weight excluding hydrogens is 242 g/mol. The maximum absolute atomic E-state index is 11.4. The normalized spacial score (nSPS) is 22.2. The van der Waals surface area contributed by atoms with Gasteiger partial charge in [0.25, 0.3) is 0 Å². The van der Waals surface area contributed by atoms with E-state index in [-0.39, 0.29) is 11.4 Å². The Morgan fingerprint density at radius 1 is 1.42 bits per heavy atom. The minimum Gasteiger partial charge on any atom is -0.493 e. The second-order valence-corrected chi connectivity index (χ2v) is 5.17. The summed E-state index contributed by atoms with van der Waals surface area (Å²) in [4.78, 5) is 11.4. The summed E-state index contributed by atoms with van der Waals surface area (Å²) in [7, 11) is 1.65.